The number of carbonyl (C=O) groups is 1. The van der Waals surface area contributed by atoms with E-state index in [0.717, 1.165) is 24.9 Å². The molecule has 0 radical (unpaired) electrons. The summed E-state index contributed by atoms with van der Waals surface area (Å²) in [5.41, 5.74) is 1.59. The minimum atomic E-state index is -0.0958. The van der Waals surface area contributed by atoms with Crippen LogP contribution in [0.3, 0.4) is 0 Å². The summed E-state index contributed by atoms with van der Waals surface area (Å²) in [5, 5.41) is 5.16. The van der Waals surface area contributed by atoms with Crippen LogP contribution in [-0.2, 0) is 11.3 Å². The average Bonchev–Trinajstić information content (AvgIpc) is 2.60. The molecule has 2 aromatic carbocycles. The van der Waals surface area contributed by atoms with Crippen LogP contribution in [0.2, 0.25) is 20.1 Å². The molecule has 1 amide bonds. The number of likely N-dealkylation sites (tertiary alicyclic amines) is 1. The van der Waals surface area contributed by atoms with Gasteiger partial charge in [0.25, 0.3) is 0 Å². The summed E-state index contributed by atoms with van der Waals surface area (Å²) in [4.78, 5) is 14.9. The lowest BCUT2D eigenvalue weighted by atomic mass is 9.96. The largest absolute Gasteiger partial charge is 0.324 e. The second-order valence-corrected chi connectivity index (χ2v) is 8.11. The highest BCUT2D eigenvalue weighted by Crippen LogP contribution is 2.28. The number of anilines is 1. The van der Waals surface area contributed by atoms with Gasteiger partial charge in [0, 0.05) is 28.2 Å². The topological polar surface area (TPSA) is 32.3 Å². The average molecular weight is 432 g/mol. The highest BCUT2D eigenvalue weighted by molar-refractivity contribution is 6.36. The third kappa shape index (κ3) is 5.05. The Bertz CT molecular complexity index is 812. The number of carbonyl (C=O) groups excluding carboxylic acids is 1. The molecule has 0 spiro atoms. The third-order valence-corrected chi connectivity index (χ3v) is 5.61. The number of amides is 1. The predicted molar refractivity (Wildman–Crippen MR) is 110 cm³/mol. The molecule has 1 aliphatic rings. The SMILES string of the molecule is O=C(Nc1ccc(Cl)cc1Cl)C1CCCN(Cc2ccc(Cl)cc2Cl)C1. The van der Waals surface area contributed by atoms with Crippen LogP contribution in [0.5, 0.6) is 0 Å². The third-order valence-electron chi connectivity index (χ3n) is 4.47. The van der Waals surface area contributed by atoms with Crippen molar-refractivity contribution in [2.75, 3.05) is 18.4 Å². The molecule has 1 heterocycles. The second kappa shape index (κ2) is 8.81. The number of benzene rings is 2. The van der Waals surface area contributed by atoms with Gasteiger partial charge < -0.3 is 5.32 Å². The van der Waals surface area contributed by atoms with Crippen LogP contribution in [0.25, 0.3) is 0 Å². The molecule has 7 heteroatoms. The molecule has 138 valence electrons. The van der Waals surface area contributed by atoms with Crippen molar-refractivity contribution in [2.45, 2.75) is 19.4 Å². The summed E-state index contributed by atoms with van der Waals surface area (Å²) in [5.74, 6) is -0.123. The van der Waals surface area contributed by atoms with Crippen molar-refractivity contribution in [2.24, 2.45) is 5.92 Å². The van der Waals surface area contributed by atoms with E-state index in [1.807, 2.05) is 12.1 Å². The van der Waals surface area contributed by atoms with E-state index in [9.17, 15) is 4.79 Å². The fourth-order valence-electron chi connectivity index (χ4n) is 3.13. The lowest BCUT2D eigenvalue weighted by Crippen LogP contribution is -2.40. The first-order valence-electron chi connectivity index (χ1n) is 8.34. The molecule has 2 aromatic rings. The van der Waals surface area contributed by atoms with Gasteiger partial charge in [0.15, 0.2) is 0 Å². The summed E-state index contributed by atoms with van der Waals surface area (Å²) in [6.45, 7) is 2.31. The Labute approximate surface area is 173 Å². The van der Waals surface area contributed by atoms with Gasteiger partial charge in [0.1, 0.15) is 0 Å². The van der Waals surface area contributed by atoms with Gasteiger partial charge in [-0.05, 0) is 55.3 Å². The normalized spacial score (nSPS) is 17.9. The van der Waals surface area contributed by atoms with Crippen molar-refractivity contribution in [3.63, 3.8) is 0 Å². The van der Waals surface area contributed by atoms with Crippen molar-refractivity contribution >= 4 is 58.0 Å². The first-order chi connectivity index (χ1) is 12.4. The zero-order valence-corrected chi connectivity index (χ0v) is 17.0. The fourth-order valence-corrected chi connectivity index (χ4v) is 4.05. The lowest BCUT2D eigenvalue weighted by Gasteiger charge is -2.32. The molecule has 1 fully saturated rings. The van der Waals surface area contributed by atoms with Gasteiger partial charge in [0.2, 0.25) is 5.91 Å². The first kappa shape index (κ1) is 19.8. The van der Waals surface area contributed by atoms with Crippen molar-refractivity contribution in [1.29, 1.82) is 0 Å². The van der Waals surface area contributed by atoms with Crippen LogP contribution in [-0.4, -0.2) is 23.9 Å². The first-order valence-corrected chi connectivity index (χ1v) is 9.86. The van der Waals surface area contributed by atoms with E-state index in [1.54, 1.807) is 24.3 Å². The molecule has 0 bridgehead atoms. The van der Waals surface area contributed by atoms with Gasteiger partial charge in [-0.3, -0.25) is 9.69 Å². The maximum Gasteiger partial charge on any atom is 0.228 e. The molecule has 3 rings (SSSR count). The maximum atomic E-state index is 12.6. The van der Waals surface area contributed by atoms with Gasteiger partial charge in [-0.2, -0.15) is 0 Å². The van der Waals surface area contributed by atoms with Gasteiger partial charge in [-0.1, -0.05) is 52.5 Å². The Morgan fingerprint density at radius 3 is 2.42 bits per heavy atom. The monoisotopic (exact) mass is 430 g/mol. The van der Waals surface area contributed by atoms with Crippen LogP contribution >= 0.6 is 46.4 Å². The van der Waals surface area contributed by atoms with Crippen molar-refractivity contribution in [3.05, 3.63) is 62.1 Å². The maximum absolute atomic E-state index is 12.6. The molecule has 26 heavy (non-hydrogen) atoms. The van der Waals surface area contributed by atoms with Gasteiger partial charge in [-0.25, -0.2) is 0 Å². The Morgan fingerprint density at radius 2 is 1.73 bits per heavy atom. The van der Waals surface area contributed by atoms with Gasteiger partial charge in [0.05, 0.1) is 16.6 Å². The van der Waals surface area contributed by atoms with E-state index >= 15 is 0 Å². The predicted octanol–water partition coefficient (Wildman–Crippen LogP) is 6.15. The van der Waals surface area contributed by atoms with E-state index in [-0.39, 0.29) is 11.8 Å². The fraction of sp³-hybridized carbons (Fsp3) is 0.316. The van der Waals surface area contributed by atoms with Crippen LogP contribution < -0.4 is 5.32 Å². The van der Waals surface area contributed by atoms with Crippen LogP contribution in [0.1, 0.15) is 18.4 Å². The van der Waals surface area contributed by atoms with Gasteiger partial charge in [-0.15, -0.1) is 0 Å². The molecule has 1 aliphatic heterocycles. The summed E-state index contributed by atoms with van der Waals surface area (Å²) in [6, 6.07) is 10.6. The molecule has 1 unspecified atom stereocenters. The summed E-state index contributed by atoms with van der Waals surface area (Å²) < 4.78 is 0. The van der Waals surface area contributed by atoms with Crippen LogP contribution in [0.4, 0.5) is 5.69 Å². The van der Waals surface area contributed by atoms with Crippen LogP contribution in [0.15, 0.2) is 36.4 Å². The van der Waals surface area contributed by atoms with E-state index in [4.69, 9.17) is 46.4 Å². The molecular weight excluding hydrogens is 414 g/mol. The molecular formula is C19H18Cl4N2O. The highest BCUT2D eigenvalue weighted by Gasteiger charge is 2.26. The summed E-state index contributed by atoms with van der Waals surface area (Å²) >= 11 is 24.3. The number of halogens is 4. The number of hydrogen-bond donors (Lipinski definition) is 1. The number of hydrogen-bond acceptors (Lipinski definition) is 2. The number of rotatable bonds is 4. The van der Waals surface area contributed by atoms with Crippen molar-refractivity contribution in [1.82, 2.24) is 4.90 Å². The Morgan fingerprint density at radius 1 is 1.04 bits per heavy atom. The molecule has 3 nitrogen and oxygen atoms in total. The minimum Gasteiger partial charge on any atom is -0.324 e. The summed E-state index contributed by atoms with van der Waals surface area (Å²) in [6.07, 6.45) is 1.81. The number of nitrogens with one attached hydrogen (secondary N) is 1. The van der Waals surface area contributed by atoms with Crippen molar-refractivity contribution < 1.29 is 4.79 Å². The molecule has 1 atom stereocenters. The van der Waals surface area contributed by atoms with E-state index in [1.165, 1.54) is 0 Å². The van der Waals surface area contributed by atoms with Crippen molar-refractivity contribution in [3.8, 4) is 0 Å². The second-order valence-electron chi connectivity index (χ2n) is 6.42. The van der Waals surface area contributed by atoms with Gasteiger partial charge >= 0.3 is 0 Å². The molecule has 1 N–H and O–H groups in total. The minimum absolute atomic E-state index is 0.0267. The quantitative estimate of drug-likeness (QED) is 0.629. The summed E-state index contributed by atoms with van der Waals surface area (Å²) in [7, 11) is 0. The Hall–Kier alpha value is -0.970. The lowest BCUT2D eigenvalue weighted by molar-refractivity contribution is -0.121. The van der Waals surface area contributed by atoms with E-state index in [0.29, 0.717) is 38.9 Å². The zero-order valence-electron chi connectivity index (χ0n) is 13.9. The molecule has 0 aromatic heterocycles. The Kier molecular flexibility index (Phi) is 6.70. The van der Waals surface area contributed by atoms with Crippen LogP contribution in [0, 0.1) is 5.92 Å². The molecule has 0 saturated carbocycles. The number of nitrogens with zero attached hydrogens (tertiary/aromatic N) is 1. The standard InChI is InChI=1S/C19H18Cl4N2O/c20-14-4-3-12(16(22)8-14)10-25-7-1-2-13(11-25)19(26)24-18-6-5-15(21)9-17(18)23/h3-6,8-9,13H,1-2,7,10-11H2,(H,24,26). The van der Waals surface area contributed by atoms with E-state index in [2.05, 4.69) is 10.2 Å². The smallest absolute Gasteiger partial charge is 0.228 e. The molecule has 1 saturated heterocycles. The molecule has 0 aliphatic carbocycles. The zero-order chi connectivity index (χ0) is 18.7. The van der Waals surface area contributed by atoms with E-state index < -0.39 is 0 Å². The highest BCUT2D eigenvalue weighted by atomic mass is 35.5. The number of piperidine rings is 1. The Balaban J connectivity index is 1.63.